The Morgan fingerprint density at radius 2 is 1.85 bits per heavy atom. The van der Waals surface area contributed by atoms with Gasteiger partial charge in [-0.2, -0.15) is 0 Å². The highest BCUT2D eigenvalue weighted by Crippen LogP contribution is 2.28. The first kappa shape index (κ1) is 18.1. The van der Waals surface area contributed by atoms with Crippen LogP contribution in [0.25, 0.3) is 0 Å². The summed E-state index contributed by atoms with van der Waals surface area (Å²) in [6.45, 7) is 3.06. The first-order valence-corrected chi connectivity index (χ1v) is 9.39. The van der Waals surface area contributed by atoms with Crippen molar-refractivity contribution in [3.05, 3.63) is 26.6 Å². The normalized spacial score (nSPS) is 11.8. The topological polar surface area (TPSA) is 55.4 Å². The fourth-order valence-corrected chi connectivity index (χ4v) is 4.42. The molecule has 4 nitrogen and oxygen atoms in total. The van der Waals surface area contributed by atoms with Gasteiger partial charge in [0.2, 0.25) is 10.0 Å². The van der Waals surface area contributed by atoms with Gasteiger partial charge in [-0.25, -0.2) is 13.1 Å². The summed E-state index contributed by atoms with van der Waals surface area (Å²) in [6, 6.07) is 3.41. The average molecular weight is 429 g/mol. The molecule has 0 amide bonds. The molecule has 114 valence electrons. The molecule has 0 fully saturated rings. The number of rotatable bonds is 8. The Labute approximate surface area is 137 Å². The Hall–Kier alpha value is 0.0500. The lowest BCUT2D eigenvalue weighted by Gasteiger charge is -2.10. The summed E-state index contributed by atoms with van der Waals surface area (Å²) in [7, 11) is -1.82. The fraction of sp³-hybridized carbons (Fsp3) is 0.538. The number of hydrogen-bond donors (Lipinski definition) is 1. The van der Waals surface area contributed by atoms with E-state index in [2.05, 4.69) is 36.6 Å². The Kier molecular flexibility index (Phi) is 7.68. The van der Waals surface area contributed by atoms with Gasteiger partial charge in [-0.1, -0.05) is 15.9 Å². The maximum absolute atomic E-state index is 12.2. The van der Waals surface area contributed by atoms with E-state index in [0.29, 0.717) is 17.6 Å². The number of ether oxygens (including phenoxy) is 1. The van der Waals surface area contributed by atoms with Gasteiger partial charge in [-0.3, -0.25) is 0 Å². The van der Waals surface area contributed by atoms with Gasteiger partial charge in [0, 0.05) is 29.2 Å². The van der Waals surface area contributed by atoms with Gasteiger partial charge in [0.15, 0.2) is 0 Å². The van der Waals surface area contributed by atoms with Crippen molar-refractivity contribution in [1.82, 2.24) is 4.72 Å². The first-order valence-electron chi connectivity index (χ1n) is 6.32. The molecule has 0 spiro atoms. The van der Waals surface area contributed by atoms with Gasteiger partial charge in [-0.05, 0) is 59.8 Å². The van der Waals surface area contributed by atoms with E-state index < -0.39 is 10.0 Å². The molecule has 0 heterocycles. The van der Waals surface area contributed by atoms with Crippen molar-refractivity contribution in [3.8, 4) is 0 Å². The van der Waals surface area contributed by atoms with Crippen molar-refractivity contribution in [2.24, 2.45) is 0 Å². The standard InChI is InChI=1S/C13H19Br2NO3S/c1-10-8-12(15)13(9-11(10)14)20(17,18)16-6-4-3-5-7-19-2/h8-9,16H,3-7H2,1-2H3. The lowest BCUT2D eigenvalue weighted by molar-refractivity contribution is 0.192. The van der Waals surface area contributed by atoms with Crippen LogP contribution in [0.1, 0.15) is 24.8 Å². The number of halogens is 2. The highest BCUT2D eigenvalue weighted by Gasteiger charge is 2.18. The molecule has 1 rings (SSSR count). The van der Waals surface area contributed by atoms with Crippen LogP contribution < -0.4 is 4.72 Å². The van der Waals surface area contributed by atoms with Crippen LogP contribution in [0, 0.1) is 6.92 Å². The molecule has 0 aromatic heterocycles. The molecule has 0 aliphatic heterocycles. The zero-order valence-corrected chi connectivity index (χ0v) is 15.6. The molecule has 0 radical (unpaired) electrons. The van der Waals surface area contributed by atoms with Gasteiger partial charge < -0.3 is 4.74 Å². The van der Waals surface area contributed by atoms with E-state index in [4.69, 9.17) is 4.74 Å². The van der Waals surface area contributed by atoms with Gasteiger partial charge >= 0.3 is 0 Å². The molecule has 1 aromatic carbocycles. The number of sulfonamides is 1. The molecule has 0 bridgehead atoms. The first-order chi connectivity index (χ1) is 9.38. The largest absolute Gasteiger partial charge is 0.385 e. The Balaban J connectivity index is 2.63. The van der Waals surface area contributed by atoms with Crippen LogP contribution in [0.2, 0.25) is 0 Å². The van der Waals surface area contributed by atoms with Crippen molar-refractivity contribution >= 4 is 41.9 Å². The zero-order valence-electron chi connectivity index (χ0n) is 11.6. The van der Waals surface area contributed by atoms with Gasteiger partial charge in [0.05, 0.1) is 4.90 Å². The Morgan fingerprint density at radius 1 is 1.15 bits per heavy atom. The van der Waals surface area contributed by atoms with E-state index in [-0.39, 0.29) is 4.90 Å². The van der Waals surface area contributed by atoms with Crippen molar-refractivity contribution in [1.29, 1.82) is 0 Å². The molecule has 1 N–H and O–H groups in total. The summed E-state index contributed by atoms with van der Waals surface area (Å²) in [5, 5.41) is 0. The van der Waals surface area contributed by atoms with Crippen LogP contribution in [0.15, 0.2) is 26.0 Å². The summed E-state index contributed by atoms with van der Waals surface area (Å²) < 4.78 is 33.4. The highest BCUT2D eigenvalue weighted by molar-refractivity contribution is 9.11. The second-order valence-electron chi connectivity index (χ2n) is 4.48. The minimum absolute atomic E-state index is 0.256. The Morgan fingerprint density at radius 3 is 2.50 bits per heavy atom. The third-order valence-corrected chi connectivity index (χ3v) is 6.09. The van der Waals surface area contributed by atoms with Crippen molar-refractivity contribution in [2.45, 2.75) is 31.1 Å². The SMILES string of the molecule is COCCCCCNS(=O)(=O)c1cc(Br)c(C)cc1Br. The molecule has 0 aliphatic carbocycles. The molecular weight excluding hydrogens is 410 g/mol. The maximum Gasteiger partial charge on any atom is 0.241 e. The van der Waals surface area contributed by atoms with Crippen LogP contribution in [-0.2, 0) is 14.8 Å². The van der Waals surface area contributed by atoms with Crippen LogP contribution in [0.4, 0.5) is 0 Å². The van der Waals surface area contributed by atoms with E-state index in [1.54, 1.807) is 19.2 Å². The Bertz CT molecular complexity index is 547. The van der Waals surface area contributed by atoms with Crippen molar-refractivity contribution in [2.75, 3.05) is 20.3 Å². The van der Waals surface area contributed by atoms with Crippen LogP contribution in [0.3, 0.4) is 0 Å². The lowest BCUT2D eigenvalue weighted by Crippen LogP contribution is -2.25. The number of benzene rings is 1. The van der Waals surface area contributed by atoms with E-state index in [1.165, 1.54) is 0 Å². The van der Waals surface area contributed by atoms with Crippen molar-refractivity contribution < 1.29 is 13.2 Å². The monoisotopic (exact) mass is 427 g/mol. The predicted molar refractivity (Wildman–Crippen MR) is 87.5 cm³/mol. The summed E-state index contributed by atoms with van der Waals surface area (Å²) >= 11 is 6.66. The van der Waals surface area contributed by atoms with E-state index in [1.807, 2.05) is 6.92 Å². The third kappa shape index (κ3) is 5.44. The molecule has 0 unspecified atom stereocenters. The number of nitrogens with one attached hydrogen (secondary N) is 1. The minimum atomic E-state index is -3.48. The summed E-state index contributed by atoms with van der Waals surface area (Å²) in [5.41, 5.74) is 0.982. The van der Waals surface area contributed by atoms with Crippen LogP contribution >= 0.6 is 31.9 Å². The number of unbranched alkanes of at least 4 members (excludes halogenated alkanes) is 2. The second-order valence-corrected chi connectivity index (χ2v) is 7.93. The molecule has 0 aliphatic rings. The predicted octanol–water partition coefficient (Wildman–Crippen LogP) is 3.62. The minimum Gasteiger partial charge on any atom is -0.385 e. The maximum atomic E-state index is 12.2. The van der Waals surface area contributed by atoms with Gasteiger partial charge in [0.25, 0.3) is 0 Å². The second kappa shape index (κ2) is 8.48. The lowest BCUT2D eigenvalue weighted by atomic mass is 10.2. The molecule has 1 aromatic rings. The smallest absolute Gasteiger partial charge is 0.241 e. The number of methoxy groups -OCH3 is 1. The zero-order chi connectivity index (χ0) is 15.2. The highest BCUT2D eigenvalue weighted by atomic mass is 79.9. The molecule has 0 saturated heterocycles. The fourth-order valence-electron chi connectivity index (χ4n) is 1.67. The van der Waals surface area contributed by atoms with Crippen LogP contribution in [-0.4, -0.2) is 28.7 Å². The summed E-state index contributed by atoms with van der Waals surface area (Å²) in [5.74, 6) is 0. The third-order valence-electron chi connectivity index (χ3n) is 2.82. The van der Waals surface area contributed by atoms with Gasteiger partial charge in [-0.15, -0.1) is 0 Å². The van der Waals surface area contributed by atoms with E-state index in [0.717, 1.165) is 29.3 Å². The molecule has 0 atom stereocenters. The molecular formula is C13H19Br2NO3S. The number of aryl methyl sites for hydroxylation is 1. The average Bonchev–Trinajstić information content (AvgIpc) is 2.37. The van der Waals surface area contributed by atoms with E-state index >= 15 is 0 Å². The summed E-state index contributed by atoms with van der Waals surface area (Å²) in [6.07, 6.45) is 2.68. The van der Waals surface area contributed by atoms with E-state index in [9.17, 15) is 8.42 Å². The van der Waals surface area contributed by atoms with Gasteiger partial charge in [0.1, 0.15) is 0 Å². The van der Waals surface area contributed by atoms with Crippen molar-refractivity contribution in [3.63, 3.8) is 0 Å². The quantitative estimate of drug-likeness (QED) is 0.643. The summed E-state index contributed by atoms with van der Waals surface area (Å²) in [4.78, 5) is 0.256. The molecule has 7 heteroatoms. The molecule has 0 saturated carbocycles. The molecule has 20 heavy (non-hydrogen) atoms. The van der Waals surface area contributed by atoms with Crippen LogP contribution in [0.5, 0.6) is 0 Å². The number of hydrogen-bond acceptors (Lipinski definition) is 3.